The summed E-state index contributed by atoms with van der Waals surface area (Å²) in [6.45, 7) is 2.63. The summed E-state index contributed by atoms with van der Waals surface area (Å²) in [7, 11) is 1.75. The van der Waals surface area contributed by atoms with Gasteiger partial charge in [0.1, 0.15) is 12.0 Å². The third-order valence-electron chi connectivity index (χ3n) is 4.00. The molecule has 1 fully saturated rings. The summed E-state index contributed by atoms with van der Waals surface area (Å²) >= 11 is 0. The number of aromatic nitrogens is 2. The minimum Gasteiger partial charge on any atom is -0.484 e. The van der Waals surface area contributed by atoms with Gasteiger partial charge in [0.15, 0.2) is 6.61 Å². The molecule has 6 heteroatoms. The number of aryl methyl sites for hydroxylation is 1. The van der Waals surface area contributed by atoms with Crippen LogP contribution in [0.25, 0.3) is 11.1 Å². The Hall–Kier alpha value is -2.34. The molecule has 1 aromatic carbocycles. The first-order chi connectivity index (χ1) is 11.1. The molecular formula is C17H20N3O3. The van der Waals surface area contributed by atoms with Crippen LogP contribution in [0.3, 0.4) is 0 Å². The quantitative estimate of drug-likeness (QED) is 0.918. The molecule has 1 amide bonds. The first-order valence-electron chi connectivity index (χ1n) is 7.67. The molecule has 0 aliphatic carbocycles. The van der Waals surface area contributed by atoms with Crippen LogP contribution in [0, 0.1) is 13.0 Å². The number of benzene rings is 1. The molecule has 0 spiro atoms. The summed E-state index contributed by atoms with van der Waals surface area (Å²) in [6.07, 6.45) is 3.58. The highest BCUT2D eigenvalue weighted by atomic mass is 16.5. The Labute approximate surface area is 135 Å². The van der Waals surface area contributed by atoms with Crippen LogP contribution in [0.1, 0.15) is 18.5 Å². The summed E-state index contributed by atoms with van der Waals surface area (Å²) in [5, 5.41) is 6.94. The molecule has 1 N–H and O–H groups in total. The number of hydrogen-bond acceptors (Lipinski definition) is 4. The molecule has 1 atom stereocenters. The normalized spacial score (nSPS) is 17.2. The lowest BCUT2D eigenvalue weighted by atomic mass is 10.1. The number of aromatic amines is 1. The number of carbonyl (C=O) groups excluding carboxylic acids is 1. The monoisotopic (exact) mass is 314 g/mol. The van der Waals surface area contributed by atoms with E-state index < -0.39 is 0 Å². The van der Waals surface area contributed by atoms with Crippen LogP contribution in [0.5, 0.6) is 5.75 Å². The molecule has 1 radical (unpaired) electrons. The van der Waals surface area contributed by atoms with E-state index in [0.29, 0.717) is 12.4 Å². The van der Waals surface area contributed by atoms with Gasteiger partial charge in [0.05, 0.1) is 5.69 Å². The van der Waals surface area contributed by atoms with Crippen molar-refractivity contribution in [2.75, 3.05) is 20.3 Å². The van der Waals surface area contributed by atoms with Gasteiger partial charge in [0.2, 0.25) is 0 Å². The van der Waals surface area contributed by atoms with Gasteiger partial charge in [0, 0.05) is 25.4 Å². The maximum atomic E-state index is 12.2. The Kier molecular flexibility index (Phi) is 4.62. The number of likely N-dealkylation sites (N-methyl/N-ethyl adjacent to an activating group) is 1. The van der Waals surface area contributed by atoms with Crippen LogP contribution in [0.4, 0.5) is 0 Å². The highest BCUT2D eigenvalue weighted by Gasteiger charge is 2.24. The second-order valence-electron chi connectivity index (χ2n) is 5.60. The Bertz CT molecular complexity index is 677. The van der Waals surface area contributed by atoms with Crippen LogP contribution < -0.4 is 4.74 Å². The molecule has 0 unspecified atom stereocenters. The largest absolute Gasteiger partial charge is 0.484 e. The molecule has 2 heterocycles. The Balaban J connectivity index is 1.62. The van der Waals surface area contributed by atoms with Crippen molar-refractivity contribution < 1.29 is 14.3 Å². The number of nitrogens with one attached hydrogen (secondary N) is 1. The van der Waals surface area contributed by atoms with Gasteiger partial charge in [-0.2, -0.15) is 5.10 Å². The van der Waals surface area contributed by atoms with E-state index in [1.807, 2.05) is 25.3 Å². The molecule has 121 valence electrons. The van der Waals surface area contributed by atoms with Gasteiger partial charge in [-0.3, -0.25) is 9.89 Å². The second-order valence-corrected chi connectivity index (χ2v) is 5.60. The highest BCUT2D eigenvalue weighted by molar-refractivity contribution is 5.77. The molecule has 2 aromatic rings. The summed E-state index contributed by atoms with van der Waals surface area (Å²) in [5.74, 6) is 0.513. The van der Waals surface area contributed by atoms with Crippen LogP contribution in [0.2, 0.25) is 0 Å². The Morgan fingerprint density at radius 2 is 2.43 bits per heavy atom. The fourth-order valence-electron chi connectivity index (χ4n) is 2.61. The van der Waals surface area contributed by atoms with Crippen molar-refractivity contribution in [3.8, 4) is 16.9 Å². The lowest BCUT2D eigenvalue weighted by Crippen LogP contribution is -2.39. The predicted molar refractivity (Wildman–Crippen MR) is 84.8 cm³/mol. The van der Waals surface area contributed by atoms with Gasteiger partial charge in [-0.1, -0.05) is 0 Å². The maximum Gasteiger partial charge on any atom is 0.262 e. The van der Waals surface area contributed by atoms with Crippen molar-refractivity contribution in [1.29, 1.82) is 0 Å². The number of carbonyl (C=O) groups is 1. The van der Waals surface area contributed by atoms with Gasteiger partial charge < -0.3 is 14.4 Å². The Morgan fingerprint density at radius 3 is 3.13 bits per heavy atom. The van der Waals surface area contributed by atoms with E-state index in [-0.39, 0.29) is 18.7 Å². The van der Waals surface area contributed by atoms with Crippen LogP contribution in [0.15, 0.2) is 24.4 Å². The zero-order valence-corrected chi connectivity index (χ0v) is 13.3. The molecule has 3 rings (SSSR count). The topological polar surface area (TPSA) is 67.5 Å². The fraction of sp³-hybridized carbons (Fsp3) is 0.412. The van der Waals surface area contributed by atoms with Crippen LogP contribution in [-0.2, 0) is 9.53 Å². The van der Waals surface area contributed by atoms with Crippen molar-refractivity contribution in [3.05, 3.63) is 36.2 Å². The minimum absolute atomic E-state index is 0.0159. The van der Waals surface area contributed by atoms with Gasteiger partial charge in [-0.05, 0) is 49.6 Å². The third kappa shape index (κ3) is 3.53. The van der Waals surface area contributed by atoms with E-state index in [2.05, 4.69) is 16.3 Å². The lowest BCUT2D eigenvalue weighted by Gasteiger charge is -2.23. The summed E-state index contributed by atoms with van der Waals surface area (Å²) < 4.78 is 11.1. The SMILES string of the molecule is Cc1n[nH]cc1-c1c[c]cc(OCC(=O)N(C)[C@H]2CCCO2)c1. The molecule has 1 aromatic heterocycles. The van der Waals surface area contributed by atoms with Gasteiger partial charge in [-0.15, -0.1) is 0 Å². The third-order valence-corrected chi connectivity index (χ3v) is 4.00. The van der Waals surface area contributed by atoms with Gasteiger partial charge in [-0.25, -0.2) is 0 Å². The van der Waals surface area contributed by atoms with E-state index in [1.54, 1.807) is 18.0 Å². The van der Waals surface area contributed by atoms with Crippen molar-refractivity contribution in [2.45, 2.75) is 26.0 Å². The number of amides is 1. The summed E-state index contributed by atoms with van der Waals surface area (Å²) in [6, 6.07) is 8.51. The minimum atomic E-state index is -0.127. The predicted octanol–water partition coefficient (Wildman–Crippen LogP) is 2.16. The van der Waals surface area contributed by atoms with Gasteiger partial charge >= 0.3 is 0 Å². The van der Waals surface area contributed by atoms with E-state index in [4.69, 9.17) is 9.47 Å². The average Bonchev–Trinajstić information content (AvgIpc) is 3.23. The average molecular weight is 314 g/mol. The van der Waals surface area contributed by atoms with Crippen molar-refractivity contribution in [2.24, 2.45) is 0 Å². The van der Waals surface area contributed by atoms with E-state index >= 15 is 0 Å². The number of hydrogen-bond donors (Lipinski definition) is 1. The fourth-order valence-corrected chi connectivity index (χ4v) is 2.61. The molecule has 1 aliphatic heterocycles. The number of ether oxygens (including phenoxy) is 2. The van der Waals surface area contributed by atoms with Crippen molar-refractivity contribution in [3.63, 3.8) is 0 Å². The number of H-pyrrole nitrogens is 1. The zero-order chi connectivity index (χ0) is 16.2. The standard InChI is InChI=1S/C17H20N3O3/c1-12-15(10-18-19-12)13-5-3-6-14(9-13)23-11-16(21)20(2)17-7-4-8-22-17/h5-6,9-10,17H,4,7-8,11H2,1-2H3,(H,18,19)/t17-/m1/s1. The first kappa shape index (κ1) is 15.6. The smallest absolute Gasteiger partial charge is 0.262 e. The maximum absolute atomic E-state index is 12.2. The van der Waals surface area contributed by atoms with Crippen LogP contribution in [-0.4, -0.2) is 47.5 Å². The first-order valence-corrected chi connectivity index (χ1v) is 7.67. The second kappa shape index (κ2) is 6.83. The molecule has 23 heavy (non-hydrogen) atoms. The molecular weight excluding hydrogens is 294 g/mol. The molecule has 1 saturated heterocycles. The Morgan fingerprint density at radius 1 is 1.57 bits per heavy atom. The molecule has 0 bridgehead atoms. The number of rotatable bonds is 5. The van der Waals surface area contributed by atoms with Crippen molar-refractivity contribution >= 4 is 5.91 Å². The molecule has 0 saturated carbocycles. The molecule has 1 aliphatic rings. The van der Waals surface area contributed by atoms with Gasteiger partial charge in [0.25, 0.3) is 5.91 Å². The summed E-state index contributed by atoms with van der Waals surface area (Å²) in [4.78, 5) is 13.8. The molecule has 6 nitrogen and oxygen atoms in total. The lowest BCUT2D eigenvalue weighted by molar-refractivity contribution is -0.141. The van der Waals surface area contributed by atoms with Crippen LogP contribution >= 0.6 is 0 Å². The van der Waals surface area contributed by atoms with E-state index in [0.717, 1.165) is 29.7 Å². The zero-order valence-electron chi connectivity index (χ0n) is 13.3. The van der Waals surface area contributed by atoms with E-state index in [1.165, 1.54) is 0 Å². The highest BCUT2D eigenvalue weighted by Crippen LogP contribution is 2.25. The number of nitrogens with zero attached hydrogens (tertiary/aromatic N) is 2. The summed E-state index contributed by atoms with van der Waals surface area (Å²) in [5.41, 5.74) is 2.85. The van der Waals surface area contributed by atoms with E-state index in [9.17, 15) is 4.79 Å². The van der Waals surface area contributed by atoms with Crippen molar-refractivity contribution in [1.82, 2.24) is 15.1 Å².